The van der Waals surface area contributed by atoms with E-state index in [2.05, 4.69) is 49.5 Å². The van der Waals surface area contributed by atoms with Crippen molar-refractivity contribution >= 4 is 17.3 Å². The molecule has 0 bridgehead atoms. The summed E-state index contributed by atoms with van der Waals surface area (Å²) in [5.74, 6) is 0.452. The van der Waals surface area contributed by atoms with Gasteiger partial charge in [0.1, 0.15) is 0 Å². The monoisotopic (exact) mass is 308 g/mol. The molecule has 1 aliphatic heterocycles. The van der Waals surface area contributed by atoms with E-state index in [9.17, 15) is 4.79 Å². The van der Waals surface area contributed by atoms with Crippen molar-refractivity contribution in [1.82, 2.24) is 0 Å². The van der Waals surface area contributed by atoms with Gasteiger partial charge in [-0.2, -0.15) is 0 Å². The van der Waals surface area contributed by atoms with Crippen LogP contribution in [0, 0.1) is 5.92 Å². The Morgan fingerprint density at radius 3 is 2.39 bits per heavy atom. The first-order chi connectivity index (χ1) is 11.1. The smallest absolute Gasteiger partial charge is 0.224 e. The van der Waals surface area contributed by atoms with Gasteiger partial charge in [-0.15, -0.1) is 0 Å². The van der Waals surface area contributed by atoms with Crippen LogP contribution in [0.5, 0.6) is 0 Å². The van der Waals surface area contributed by atoms with E-state index in [4.69, 9.17) is 0 Å². The Balaban J connectivity index is 2.05. The topological polar surface area (TPSA) is 32.3 Å². The van der Waals surface area contributed by atoms with Crippen molar-refractivity contribution in [3.8, 4) is 0 Å². The van der Waals surface area contributed by atoms with Crippen LogP contribution in [0.4, 0.5) is 11.4 Å². The number of hydrogen-bond acceptors (Lipinski definition) is 2. The van der Waals surface area contributed by atoms with E-state index in [1.165, 1.54) is 5.56 Å². The zero-order valence-electron chi connectivity index (χ0n) is 14.0. The van der Waals surface area contributed by atoms with Gasteiger partial charge in [0.25, 0.3) is 0 Å². The first kappa shape index (κ1) is 15.6. The van der Waals surface area contributed by atoms with Crippen LogP contribution in [0.1, 0.15) is 38.8 Å². The number of carbonyl (C=O) groups excluding carboxylic acids is 1. The molecule has 120 valence electrons. The van der Waals surface area contributed by atoms with Crippen LogP contribution < -0.4 is 10.2 Å². The first-order valence-electron chi connectivity index (χ1n) is 8.33. The van der Waals surface area contributed by atoms with Crippen molar-refractivity contribution < 1.29 is 4.79 Å². The third kappa shape index (κ3) is 2.83. The van der Waals surface area contributed by atoms with Crippen LogP contribution >= 0.6 is 0 Å². The maximum absolute atomic E-state index is 12.2. The molecule has 0 radical (unpaired) electrons. The van der Waals surface area contributed by atoms with Crippen LogP contribution in [-0.2, 0) is 4.79 Å². The van der Waals surface area contributed by atoms with Gasteiger partial charge in [-0.1, -0.05) is 50.2 Å². The minimum atomic E-state index is 0.120. The fourth-order valence-electron chi connectivity index (χ4n) is 3.77. The number of benzene rings is 2. The second kappa shape index (κ2) is 6.45. The van der Waals surface area contributed by atoms with Crippen molar-refractivity contribution in [2.24, 2.45) is 5.92 Å². The largest absolute Gasteiger partial charge is 0.378 e. The Bertz CT molecular complexity index is 683. The molecule has 1 heterocycles. The van der Waals surface area contributed by atoms with Crippen LogP contribution in [0.15, 0.2) is 54.6 Å². The minimum absolute atomic E-state index is 0.120. The van der Waals surface area contributed by atoms with Gasteiger partial charge in [-0.25, -0.2) is 0 Å². The SMILES string of the molecule is CC[C@@H]1[C@@H](C)[C@@H](Nc2ccccc2)c2ccccc2N1C(C)=O. The second-order valence-corrected chi connectivity index (χ2v) is 6.27. The van der Waals surface area contributed by atoms with E-state index >= 15 is 0 Å². The number of anilines is 2. The summed E-state index contributed by atoms with van der Waals surface area (Å²) in [7, 11) is 0. The van der Waals surface area contributed by atoms with Crippen molar-refractivity contribution in [1.29, 1.82) is 0 Å². The summed E-state index contributed by atoms with van der Waals surface area (Å²) in [5.41, 5.74) is 3.35. The number of rotatable bonds is 3. The van der Waals surface area contributed by atoms with Crippen molar-refractivity contribution in [3.05, 3.63) is 60.2 Å². The van der Waals surface area contributed by atoms with E-state index in [-0.39, 0.29) is 18.0 Å². The van der Waals surface area contributed by atoms with Gasteiger partial charge in [0, 0.05) is 30.3 Å². The summed E-state index contributed by atoms with van der Waals surface area (Å²) in [6.45, 7) is 6.06. The zero-order valence-corrected chi connectivity index (χ0v) is 14.0. The van der Waals surface area contributed by atoms with Crippen molar-refractivity contribution in [3.63, 3.8) is 0 Å². The van der Waals surface area contributed by atoms with E-state index in [0.29, 0.717) is 5.92 Å². The highest BCUT2D eigenvalue weighted by Crippen LogP contribution is 2.43. The fraction of sp³-hybridized carbons (Fsp3) is 0.350. The molecule has 0 unspecified atom stereocenters. The molecule has 0 aliphatic carbocycles. The lowest BCUT2D eigenvalue weighted by Gasteiger charge is -2.45. The molecular weight excluding hydrogens is 284 g/mol. The highest BCUT2D eigenvalue weighted by atomic mass is 16.2. The maximum atomic E-state index is 12.2. The van der Waals surface area contributed by atoms with E-state index in [1.807, 2.05) is 29.2 Å². The molecule has 0 spiro atoms. The number of para-hydroxylation sites is 2. The average Bonchev–Trinajstić information content (AvgIpc) is 2.57. The van der Waals surface area contributed by atoms with Crippen LogP contribution in [0.3, 0.4) is 0 Å². The van der Waals surface area contributed by atoms with Crippen molar-refractivity contribution in [2.45, 2.75) is 39.3 Å². The Labute approximate surface area is 138 Å². The number of amides is 1. The highest BCUT2D eigenvalue weighted by Gasteiger charge is 2.39. The Morgan fingerprint density at radius 2 is 1.74 bits per heavy atom. The summed E-state index contributed by atoms with van der Waals surface area (Å²) in [5, 5.41) is 3.67. The van der Waals surface area contributed by atoms with Gasteiger partial charge in [-0.3, -0.25) is 4.79 Å². The van der Waals surface area contributed by atoms with E-state index in [0.717, 1.165) is 17.8 Å². The van der Waals surface area contributed by atoms with E-state index < -0.39 is 0 Å². The third-order valence-corrected chi connectivity index (χ3v) is 4.85. The Morgan fingerprint density at radius 1 is 1.09 bits per heavy atom. The number of carbonyl (C=O) groups is 1. The minimum Gasteiger partial charge on any atom is -0.378 e. The molecule has 0 fully saturated rings. The zero-order chi connectivity index (χ0) is 16.4. The van der Waals surface area contributed by atoms with Gasteiger partial charge >= 0.3 is 0 Å². The normalized spacial score (nSPS) is 23.3. The lowest BCUT2D eigenvalue weighted by molar-refractivity contribution is -0.117. The molecule has 23 heavy (non-hydrogen) atoms. The lowest BCUT2D eigenvalue weighted by Crippen LogP contribution is -2.49. The Kier molecular flexibility index (Phi) is 4.37. The molecule has 2 aromatic carbocycles. The number of hydrogen-bond donors (Lipinski definition) is 1. The van der Waals surface area contributed by atoms with Gasteiger partial charge in [-0.05, 0) is 30.2 Å². The summed E-state index contributed by atoms with van der Waals surface area (Å²) < 4.78 is 0. The van der Waals surface area contributed by atoms with Gasteiger partial charge in [0.05, 0.1) is 6.04 Å². The van der Waals surface area contributed by atoms with Crippen molar-refractivity contribution in [2.75, 3.05) is 10.2 Å². The average molecular weight is 308 g/mol. The van der Waals surface area contributed by atoms with Crippen LogP contribution in [0.2, 0.25) is 0 Å². The number of nitrogens with one attached hydrogen (secondary N) is 1. The first-order valence-corrected chi connectivity index (χ1v) is 8.33. The molecule has 3 heteroatoms. The van der Waals surface area contributed by atoms with Crippen LogP contribution in [0.25, 0.3) is 0 Å². The molecule has 1 N–H and O–H groups in total. The maximum Gasteiger partial charge on any atom is 0.224 e. The molecule has 0 saturated heterocycles. The molecule has 3 rings (SSSR count). The third-order valence-electron chi connectivity index (χ3n) is 4.85. The quantitative estimate of drug-likeness (QED) is 0.897. The standard InChI is InChI=1S/C20H24N2O/c1-4-18-14(2)20(21-16-10-6-5-7-11-16)17-12-8-9-13-19(17)22(18)15(3)23/h5-14,18,20-21H,4H2,1-3H3/t14-,18-,20-/m1/s1. The van der Waals surface area contributed by atoms with E-state index in [1.54, 1.807) is 6.92 Å². The molecule has 3 atom stereocenters. The molecule has 3 nitrogen and oxygen atoms in total. The Hall–Kier alpha value is -2.29. The molecule has 0 saturated carbocycles. The molecule has 1 aliphatic rings. The molecule has 2 aromatic rings. The van der Waals surface area contributed by atoms with Gasteiger partial charge < -0.3 is 10.2 Å². The fourth-order valence-corrected chi connectivity index (χ4v) is 3.77. The van der Waals surface area contributed by atoms with Gasteiger partial charge in [0.15, 0.2) is 0 Å². The number of fused-ring (bicyclic) bond motifs is 1. The summed E-state index contributed by atoms with van der Waals surface area (Å²) in [4.78, 5) is 14.2. The van der Waals surface area contributed by atoms with Crippen LogP contribution in [-0.4, -0.2) is 11.9 Å². The lowest BCUT2D eigenvalue weighted by atomic mass is 9.81. The summed E-state index contributed by atoms with van der Waals surface area (Å²) >= 11 is 0. The molecular formula is C20H24N2O. The summed E-state index contributed by atoms with van der Waals surface area (Å²) in [6.07, 6.45) is 0.946. The molecule has 1 amide bonds. The molecule has 0 aromatic heterocycles. The predicted octanol–water partition coefficient (Wildman–Crippen LogP) is 4.62. The second-order valence-electron chi connectivity index (χ2n) is 6.27. The van der Waals surface area contributed by atoms with Gasteiger partial charge in [0.2, 0.25) is 5.91 Å². The number of nitrogens with zero attached hydrogens (tertiary/aromatic N) is 1. The highest BCUT2D eigenvalue weighted by molar-refractivity contribution is 5.94. The summed E-state index contributed by atoms with van der Waals surface area (Å²) in [6, 6.07) is 19.0. The predicted molar refractivity (Wildman–Crippen MR) is 95.7 cm³/mol.